The van der Waals surface area contributed by atoms with Crippen LogP contribution in [0.15, 0.2) is 0 Å². The van der Waals surface area contributed by atoms with Crippen LogP contribution in [-0.4, -0.2) is 46.0 Å². The largest absolute Gasteiger partial charge is 0.481 e. The number of likely N-dealkylation sites (tertiary alicyclic amines) is 1. The average molecular weight is 299 g/mol. The van der Waals surface area contributed by atoms with Crippen molar-refractivity contribution in [1.29, 1.82) is 0 Å². The molecule has 2 aliphatic rings. The summed E-state index contributed by atoms with van der Waals surface area (Å²) in [6, 6.07) is 0. The van der Waals surface area contributed by atoms with Gasteiger partial charge in [0, 0.05) is 18.3 Å². The van der Waals surface area contributed by atoms with Gasteiger partial charge in [-0.15, -0.1) is 11.8 Å². The van der Waals surface area contributed by atoms with Gasteiger partial charge in [0.05, 0.1) is 11.7 Å². The van der Waals surface area contributed by atoms with Gasteiger partial charge in [0.15, 0.2) is 0 Å². The highest BCUT2D eigenvalue weighted by Crippen LogP contribution is 2.32. The number of hydrogen-bond donors (Lipinski definition) is 1. The lowest BCUT2D eigenvalue weighted by Gasteiger charge is -2.31. The van der Waals surface area contributed by atoms with Gasteiger partial charge in [-0.25, -0.2) is 0 Å². The fourth-order valence-corrected chi connectivity index (χ4v) is 4.54. The van der Waals surface area contributed by atoms with Crippen LogP contribution in [0, 0.1) is 11.8 Å². The predicted molar refractivity (Wildman–Crippen MR) is 80.8 cm³/mol. The Morgan fingerprint density at radius 1 is 1.20 bits per heavy atom. The summed E-state index contributed by atoms with van der Waals surface area (Å²) >= 11 is 1.80. The number of piperidine rings is 1. The Morgan fingerprint density at radius 3 is 2.50 bits per heavy atom. The molecule has 0 aromatic rings. The zero-order chi connectivity index (χ0) is 14.5. The van der Waals surface area contributed by atoms with Crippen molar-refractivity contribution in [2.24, 2.45) is 11.8 Å². The summed E-state index contributed by atoms with van der Waals surface area (Å²) < 4.78 is 0. The van der Waals surface area contributed by atoms with E-state index in [4.69, 9.17) is 5.11 Å². The first-order valence-electron chi connectivity index (χ1n) is 7.68. The lowest BCUT2D eigenvalue weighted by Crippen LogP contribution is -2.41. The Bertz CT molecular complexity index is 353. The van der Waals surface area contributed by atoms with Gasteiger partial charge in [0.25, 0.3) is 0 Å². The molecule has 0 spiro atoms. The number of carbonyl (C=O) groups is 2. The fourth-order valence-electron chi connectivity index (χ4n) is 3.19. The minimum absolute atomic E-state index is 0.192. The maximum absolute atomic E-state index is 12.2. The molecular weight excluding hydrogens is 274 g/mol. The van der Waals surface area contributed by atoms with E-state index >= 15 is 0 Å². The second kappa shape index (κ2) is 7.34. The number of carbonyl (C=O) groups excluding carboxylic acids is 1. The third kappa shape index (κ3) is 4.40. The van der Waals surface area contributed by atoms with E-state index in [2.05, 4.69) is 6.92 Å². The number of aliphatic carboxylic acids is 1. The van der Waals surface area contributed by atoms with Crippen LogP contribution in [0.1, 0.15) is 45.4 Å². The molecule has 2 rings (SSSR count). The second-order valence-corrected chi connectivity index (χ2v) is 7.49. The molecule has 2 unspecified atom stereocenters. The summed E-state index contributed by atoms with van der Waals surface area (Å²) in [5.74, 6) is 0.572. The Kier molecular flexibility index (Phi) is 5.75. The van der Waals surface area contributed by atoms with E-state index in [1.807, 2.05) is 4.90 Å². The number of rotatable bonds is 4. The number of carboxylic acids is 1. The highest BCUT2D eigenvalue weighted by molar-refractivity contribution is 8.00. The van der Waals surface area contributed by atoms with Gasteiger partial charge in [-0.3, -0.25) is 9.59 Å². The van der Waals surface area contributed by atoms with Crippen LogP contribution in [0.5, 0.6) is 0 Å². The number of nitrogens with zero attached hydrogens (tertiary/aromatic N) is 1. The van der Waals surface area contributed by atoms with Gasteiger partial charge in [-0.2, -0.15) is 0 Å². The lowest BCUT2D eigenvalue weighted by molar-refractivity contribution is -0.145. The summed E-state index contributed by atoms with van der Waals surface area (Å²) in [6.45, 7) is 3.51. The van der Waals surface area contributed by atoms with E-state index in [-0.39, 0.29) is 11.8 Å². The van der Waals surface area contributed by atoms with Gasteiger partial charge < -0.3 is 10.0 Å². The monoisotopic (exact) mass is 299 g/mol. The molecule has 1 aliphatic carbocycles. The third-order valence-corrected chi connectivity index (χ3v) is 5.84. The van der Waals surface area contributed by atoms with Crippen LogP contribution in [0.3, 0.4) is 0 Å². The number of hydrogen-bond acceptors (Lipinski definition) is 3. The van der Waals surface area contributed by atoms with Crippen molar-refractivity contribution in [3.8, 4) is 0 Å². The summed E-state index contributed by atoms with van der Waals surface area (Å²) in [7, 11) is 0. The van der Waals surface area contributed by atoms with Crippen molar-refractivity contribution in [3.63, 3.8) is 0 Å². The van der Waals surface area contributed by atoms with E-state index in [1.165, 1.54) is 25.7 Å². The Morgan fingerprint density at radius 2 is 1.90 bits per heavy atom. The van der Waals surface area contributed by atoms with Crippen molar-refractivity contribution < 1.29 is 14.7 Å². The average Bonchev–Trinajstić information content (AvgIpc) is 2.45. The molecule has 114 valence electrons. The highest BCUT2D eigenvalue weighted by atomic mass is 32.2. The standard InChI is InChI=1S/C15H25NO3S/c1-11-3-2-4-13(9-11)20-10-14(17)16-7-5-12(6-8-16)15(18)19/h11-13H,2-10H2,1H3,(H,18,19). The van der Waals surface area contributed by atoms with E-state index in [0.29, 0.717) is 36.9 Å². The van der Waals surface area contributed by atoms with Gasteiger partial charge in [0.1, 0.15) is 0 Å². The molecule has 0 aromatic heterocycles. The van der Waals surface area contributed by atoms with E-state index in [9.17, 15) is 9.59 Å². The molecule has 1 aliphatic heterocycles. The SMILES string of the molecule is CC1CCCC(SCC(=O)N2CCC(C(=O)O)CC2)C1. The zero-order valence-corrected chi connectivity index (χ0v) is 13.0. The first kappa shape index (κ1) is 15.7. The molecule has 1 saturated carbocycles. The lowest BCUT2D eigenvalue weighted by atomic mass is 9.91. The smallest absolute Gasteiger partial charge is 0.306 e. The van der Waals surface area contributed by atoms with Gasteiger partial charge in [0.2, 0.25) is 5.91 Å². The molecule has 2 fully saturated rings. The van der Waals surface area contributed by atoms with E-state index < -0.39 is 5.97 Å². The van der Waals surface area contributed by atoms with Crippen LogP contribution in [0.2, 0.25) is 0 Å². The Hall–Kier alpha value is -0.710. The van der Waals surface area contributed by atoms with Crippen LogP contribution in [0.4, 0.5) is 0 Å². The maximum Gasteiger partial charge on any atom is 0.306 e. The van der Waals surface area contributed by atoms with Crippen molar-refractivity contribution in [1.82, 2.24) is 4.90 Å². The minimum Gasteiger partial charge on any atom is -0.481 e. The topological polar surface area (TPSA) is 57.6 Å². The van der Waals surface area contributed by atoms with E-state index in [0.717, 1.165) is 5.92 Å². The molecule has 0 radical (unpaired) electrons. The molecule has 5 heteroatoms. The normalized spacial score (nSPS) is 28.4. The number of thioether (sulfide) groups is 1. The van der Waals surface area contributed by atoms with Crippen LogP contribution >= 0.6 is 11.8 Å². The molecule has 2 atom stereocenters. The van der Waals surface area contributed by atoms with Gasteiger partial charge in [-0.1, -0.05) is 19.8 Å². The van der Waals surface area contributed by atoms with Crippen LogP contribution < -0.4 is 0 Å². The molecule has 4 nitrogen and oxygen atoms in total. The van der Waals surface area contributed by atoms with Crippen LogP contribution in [0.25, 0.3) is 0 Å². The van der Waals surface area contributed by atoms with Crippen LogP contribution in [-0.2, 0) is 9.59 Å². The zero-order valence-electron chi connectivity index (χ0n) is 12.2. The van der Waals surface area contributed by atoms with Gasteiger partial charge >= 0.3 is 5.97 Å². The van der Waals surface area contributed by atoms with E-state index in [1.54, 1.807) is 11.8 Å². The first-order valence-corrected chi connectivity index (χ1v) is 8.73. The molecule has 0 bridgehead atoms. The molecule has 1 heterocycles. The summed E-state index contributed by atoms with van der Waals surface area (Å²) in [5, 5.41) is 9.59. The Balaban J connectivity index is 1.69. The van der Waals surface area contributed by atoms with Crippen molar-refractivity contribution in [3.05, 3.63) is 0 Å². The quantitative estimate of drug-likeness (QED) is 0.867. The summed E-state index contributed by atoms with van der Waals surface area (Å²) in [4.78, 5) is 24.9. The molecule has 20 heavy (non-hydrogen) atoms. The maximum atomic E-state index is 12.2. The first-order chi connectivity index (χ1) is 9.56. The highest BCUT2D eigenvalue weighted by Gasteiger charge is 2.27. The fraction of sp³-hybridized carbons (Fsp3) is 0.867. The molecular formula is C15H25NO3S. The van der Waals surface area contributed by atoms with Crippen molar-refractivity contribution in [2.75, 3.05) is 18.8 Å². The molecule has 0 aromatic carbocycles. The number of carboxylic acid groups (broad SMARTS) is 1. The van der Waals surface area contributed by atoms with Gasteiger partial charge in [-0.05, 0) is 31.6 Å². The number of amides is 1. The molecule has 1 saturated heterocycles. The van der Waals surface area contributed by atoms with Crippen molar-refractivity contribution in [2.45, 2.75) is 50.7 Å². The second-order valence-electron chi connectivity index (χ2n) is 6.20. The van der Waals surface area contributed by atoms with Crippen molar-refractivity contribution >= 4 is 23.6 Å². The molecule has 1 amide bonds. The predicted octanol–water partition coefficient (Wildman–Crippen LogP) is 2.62. The minimum atomic E-state index is -0.720. The Labute approximate surface area is 125 Å². The summed E-state index contributed by atoms with van der Waals surface area (Å²) in [6.07, 6.45) is 6.30. The molecule has 1 N–H and O–H groups in total. The summed E-state index contributed by atoms with van der Waals surface area (Å²) in [5.41, 5.74) is 0. The third-order valence-electron chi connectivity index (χ3n) is 4.53.